The van der Waals surface area contributed by atoms with Gasteiger partial charge in [-0.3, -0.25) is 9.55 Å². The van der Waals surface area contributed by atoms with Crippen LogP contribution in [0, 0.1) is 6.23 Å². The Morgan fingerprint density at radius 1 is 1.25 bits per heavy atom. The Morgan fingerprint density at radius 2 is 2.05 bits per heavy atom. The molecule has 0 aliphatic carbocycles. The molecule has 0 spiro atoms. The molecule has 103 valence electrons. The van der Waals surface area contributed by atoms with Crippen molar-refractivity contribution in [1.82, 2.24) is 14.5 Å². The Balaban J connectivity index is 2.32. The smallest absolute Gasteiger partial charge is 0.189 e. The van der Waals surface area contributed by atoms with Crippen molar-refractivity contribution < 1.29 is 5.11 Å². The predicted molar refractivity (Wildman–Crippen MR) is 79.9 cm³/mol. The summed E-state index contributed by atoms with van der Waals surface area (Å²) in [6, 6.07) is 7.95. The number of hydrogen-bond donors (Lipinski definition) is 1. The Bertz CT molecular complexity index is 746. The molecule has 0 bridgehead atoms. The van der Waals surface area contributed by atoms with Gasteiger partial charge in [0.1, 0.15) is 11.3 Å². The molecule has 4 nitrogen and oxygen atoms in total. The molecular formula is C16H18N3O. The van der Waals surface area contributed by atoms with Crippen molar-refractivity contribution in [3.63, 3.8) is 0 Å². The van der Waals surface area contributed by atoms with E-state index in [-0.39, 0.29) is 6.23 Å². The summed E-state index contributed by atoms with van der Waals surface area (Å²) >= 11 is 0. The van der Waals surface area contributed by atoms with E-state index < -0.39 is 0 Å². The number of aliphatic hydroxyl groups excluding tert-OH is 1. The van der Waals surface area contributed by atoms with Gasteiger partial charge in [-0.25, -0.2) is 4.98 Å². The van der Waals surface area contributed by atoms with Gasteiger partial charge in [0, 0.05) is 11.8 Å². The van der Waals surface area contributed by atoms with Crippen LogP contribution in [0.15, 0.2) is 30.5 Å². The molecule has 1 radical (unpaired) electrons. The largest absolute Gasteiger partial charge is 0.366 e. The average molecular weight is 268 g/mol. The van der Waals surface area contributed by atoms with Crippen LogP contribution in [0.5, 0.6) is 0 Å². The van der Waals surface area contributed by atoms with Gasteiger partial charge in [-0.05, 0) is 19.4 Å². The summed E-state index contributed by atoms with van der Waals surface area (Å²) in [5.74, 6) is 0.903. The van der Waals surface area contributed by atoms with Crippen LogP contribution in [0.1, 0.15) is 32.5 Å². The third-order valence-corrected chi connectivity index (χ3v) is 3.54. The lowest BCUT2D eigenvalue weighted by Gasteiger charge is -2.11. The van der Waals surface area contributed by atoms with Crippen LogP contribution in [0.25, 0.3) is 21.9 Å². The molecule has 0 aliphatic heterocycles. The zero-order valence-corrected chi connectivity index (χ0v) is 11.8. The zero-order chi connectivity index (χ0) is 14.1. The third-order valence-electron chi connectivity index (χ3n) is 3.54. The molecule has 2 aromatic heterocycles. The van der Waals surface area contributed by atoms with Crippen LogP contribution in [0.2, 0.25) is 0 Å². The minimum absolute atomic E-state index is 0.259. The van der Waals surface area contributed by atoms with Gasteiger partial charge in [0.2, 0.25) is 0 Å². The van der Waals surface area contributed by atoms with E-state index in [0.29, 0.717) is 0 Å². The number of aliphatic hydroxyl groups is 1. The highest BCUT2D eigenvalue weighted by Gasteiger charge is 2.17. The van der Waals surface area contributed by atoms with Crippen molar-refractivity contribution in [3.8, 4) is 0 Å². The molecule has 1 N–H and O–H groups in total. The van der Waals surface area contributed by atoms with Crippen LogP contribution in [-0.4, -0.2) is 19.6 Å². The van der Waals surface area contributed by atoms with Crippen molar-refractivity contribution >= 4 is 21.9 Å². The fourth-order valence-electron chi connectivity index (χ4n) is 2.60. The highest BCUT2D eigenvalue weighted by Crippen LogP contribution is 2.27. The quantitative estimate of drug-likeness (QED) is 0.785. The molecule has 0 saturated heterocycles. The number of benzene rings is 1. The van der Waals surface area contributed by atoms with E-state index in [2.05, 4.69) is 16.9 Å². The van der Waals surface area contributed by atoms with E-state index in [4.69, 9.17) is 0 Å². The SMILES string of the molecule is CCCCc1nc2cnc3ccccc3c2n1[C](C)O. The molecule has 0 saturated carbocycles. The Kier molecular flexibility index (Phi) is 3.40. The number of pyridine rings is 1. The fourth-order valence-corrected chi connectivity index (χ4v) is 2.60. The number of hydrogen-bond acceptors (Lipinski definition) is 3. The Morgan fingerprint density at radius 3 is 2.80 bits per heavy atom. The first-order valence-electron chi connectivity index (χ1n) is 7.00. The number of aryl methyl sites for hydroxylation is 1. The second kappa shape index (κ2) is 5.21. The third kappa shape index (κ3) is 2.06. The molecule has 0 atom stereocenters. The van der Waals surface area contributed by atoms with Crippen LogP contribution in [0.4, 0.5) is 0 Å². The highest BCUT2D eigenvalue weighted by atomic mass is 16.3. The molecule has 3 aromatic rings. The molecule has 3 rings (SSSR count). The molecule has 0 unspecified atom stereocenters. The van der Waals surface area contributed by atoms with Gasteiger partial charge < -0.3 is 5.11 Å². The molecule has 2 heterocycles. The summed E-state index contributed by atoms with van der Waals surface area (Å²) in [7, 11) is 0. The van der Waals surface area contributed by atoms with E-state index in [1.54, 1.807) is 13.1 Å². The fraction of sp³-hybridized carbons (Fsp3) is 0.312. The maximum absolute atomic E-state index is 10.1. The number of rotatable bonds is 4. The van der Waals surface area contributed by atoms with Crippen molar-refractivity contribution in [3.05, 3.63) is 42.5 Å². The number of nitrogens with zero attached hydrogens (tertiary/aromatic N) is 3. The topological polar surface area (TPSA) is 50.9 Å². The lowest BCUT2D eigenvalue weighted by atomic mass is 10.2. The maximum atomic E-state index is 10.1. The molecule has 20 heavy (non-hydrogen) atoms. The van der Waals surface area contributed by atoms with Crippen LogP contribution in [-0.2, 0) is 6.42 Å². The first-order chi connectivity index (χ1) is 9.72. The normalized spacial score (nSPS) is 11.8. The van der Waals surface area contributed by atoms with Gasteiger partial charge in [0.05, 0.1) is 17.2 Å². The first-order valence-corrected chi connectivity index (χ1v) is 7.00. The molecule has 1 aromatic carbocycles. The summed E-state index contributed by atoms with van der Waals surface area (Å²) in [5.41, 5.74) is 2.70. The van der Waals surface area contributed by atoms with Crippen LogP contribution < -0.4 is 0 Å². The standard InChI is InChI=1S/C16H18N3O/c1-3-4-9-15-18-14-10-17-13-8-6-5-7-12(13)16(14)19(15)11(2)20/h5-8,10,20H,3-4,9H2,1-2H3. The van der Waals surface area contributed by atoms with Gasteiger partial charge in [0.25, 0.3) is 0 Å². The second-order valence-electron chi connectivity index (χ2n) is 5.02. The Hall–Kier alpha value is -1.94. The number of unbranched alkanes of at least 4 members (excludes halogenated alkanes) is 1. The maximum Gasteiger partial charge on any atom is 0.189 e. The van der Waals surface area contributed by atoms with E-state index in [1.807, 2.05) is 28.8 Å². The van der Waals surface area contributed by atoms with Crippen LogP contribution in [0.3, 0.4) is 0 Å². The molecule has 0 aliphatic rings. The molecule has 0 fully saturated rings. The number of para-hydroxylation sites is 1. The van der Waals surface area contributed by atoms with Gasteiger partial charge in [-0.2, -0.15) is 0 Å². The van der Waals surface area contributed by atoms with E-state index in [1.165, 1.54) is 0 Å². The average Bonchev–Trinajstić information content (AvgIpc) is 2.84. The van der Waals surface area contributed by atoms with E-state index >= 15 is 0 Å². The van der Waals surface area contributed by atoms with Gasteiger partial charge in [0.15, 0.2) is 6.23 Å². The number of imidazole rings is 1. The van der Waals surface area contributed by atoms with Crippen molar-refractivity contribution in [2.75, 3.05) is 0 Å². The molecule has 4 heteroatoms. The summed E-state index contributed by atoms with van der Waals surface area (Å²) in [4.78, 5) is 9.08. The minimum atomic E-state index is 0.259. The van der Waals surface area contributed by atoms with Crippen LogP contribution >= 0.6 is 0 Å². The summed E-state index contributed by atoms with van der Waals surface area (Å²) in [5, 5.41) is 11.1. The van der Waals surface area contributed by atoms with Gasteiger partial charge in [-0.15, -0.1) is 0 Å². The first kappa shape index (κ1) is 13.1. The number of aromatic nitrogens is 3. The predicted octanol–water partition coefficient (Wildman–Crippen LogP) is 3.66. The summed E-state index contributed by atoms with van der Waals surface area (Å²) in [6.45, 7) is 3.85. The Labute approximate surface area is 118 Å². The molecular weight excluding hydrogens is 250 g/mol. The lowest BCUT2D eigenvalue weighted by Crippen LogP contribution is -2.09. The van der Waals surface area contributed by atoms with Crippen molar-refractivity contribution in [2.24, 2.45) is 0 Å². The van der Waals surface area contributed by atoms with E-state index in [0.717, 1.165) is 47.0 Å². The van der Waals surface area contributed by atoms with E-state index in [9.17, 15) is 5.11 Å². The van der Waals surface area contributed by atoms with Gasteiger partial charge in [-0.1, -0.05) is 31.5 Å². The van der Waals surface area contributed by atoms with Crippen molar-refractivity contribution in [2.45, 2.75) is 33.1 Å². The number of fused-ring (bicyclic) bond motifs is 3. The second-order valence-corrected chi connectivity index (χ2v) is 5.02. The summed E-state index contributed by atoms with van der Waals surface area (Å²) in [6.07, 6.45) is 5.06. The summed E-state index contributed by atoms with van der Waals surface area (Å²) < 4.78 is 1.86. The zero-order valence-electron chi connectivity index (χ0n) is 11.8. The minimum Gasteiger partial charge on any atom is -0.366 e. The highest BCUT2D eigenvalue weighted by molar-refractivity contribution is 6.02. The lowest BCUT2D eigenvalue weighted by molar-refractivity contribution is 0.278. The van der Waals surface area contributed by atoms with Crippen molar-refractivity contribution in [1.29, 1.82) is 0 Å². The monoisotopic (exact) mass is 268 g/mol. The van der Waals surface area contributed by atoms with Gasteiger partial charge >= 0.3 is 0 Å². The molecule has 0 amide bonds.